The number of aromatic nitrogens is 1. The monoisotopic (exact) mass is 429 g/mol. The van der Waals surface area contributed by atoms with E-state index in [0.29, 0.717) is 16.3 Å². The van der Waals surface area contributed by atoms with Crippen LogP contribution in [0.25, 0.3) is 11.3 Å². The van der Waals surface area contributed by atoms with Gasteiger partial charge in [0.1, 0.15) is 5.01 Å². The molecule has 0 radical (unpaired) electrons. The van der Waals surface area contributed by atoms with Gasteiger partial charge in [0, 0.05) is 16.7 Å². The van der Waals surface area contributed by atoms with Crippen molar-refractivity contribution in [3.05, 3.63) is 75.6 Å². The fraction of sp³-hybridized carbons (Fsp3) is 0.227. The van der Waals surface area contributed by atoms with Crippen LogP contribution in [-0.2, 0) is 6.18 Å². The fourth-order valence-corrected chi connectivity index (χ4v) is 4.54. The van der Waals surface area contributed by atoms with Crippen LogP contribution in [0.1, 0.15) is 40.6 Å². The summed E-state index contributed by atoms with van der Waals surface area (Å²) < 4.78 is 39.6. The van der Waals surface area contributed by atoms with Gasteiger partial charge < -0.3 is 5.32 Å². The summed E-state index contributed by atoms with van der Waals surface area (Å²) in [5.41, 5.74) is 3.00. The number of aryl methyl sites for hydroxylation is 1. The van der Waals surface area contributed by atoms with Crippen molar-refractivity contribution < 1.29 is 18.0 Å². The predicted octanol–water partition coefficient (Wildman–Crippen LogP) is 6.15. The summed E-state index contributed by atoms with van der Waals surface area (Å²) in [6.07, 6.45) is -4.47. The van der Waals surface area contributed by atoms with Crippen LogP contribution in [0.15, 0.2) is 58.9 Å². The molecule has 0 bridgehead atoms. The average molecular weight is 429 g/mol. The summed E-state index contributed by atoms with van der Waals surface area (Å²) in [6.45, 7) is 3.71. The van der Waals surface area contributed by atoms with Crippen molar-refractivity contribution in [3.63, 3.8) is 0 Å². The lowest BCUT2D eigenvalue weighted by Crippen LogP contribution is -2.38. The Morgan fingerprint density at radius 3 is 2.50 bits per heavy atom. The Balaban J connectivity index is 1.74. The topological polar surface area (TPSA) is 54.4 Å². The maximum atomic E-state index is 13.2. The molecular weight excluding hydrogens is 411 g/mol. The third kappa shape index (κ3) is 4.00. The molecule has 1 aromatic heterocycles. The van der Waals surface area contributed by atoms with Gasteiger partial charge in [-0.1, -0.05) is 42.0 Å². The van der Waals surface area contributed by atoms with E-state index in [-0.39, 0.29) is 0 Å². The molecule has 3 aromatic rings. The van der Waals surface area contributed by atoms with Gasteiger partial charge in [-0.2, -0.15) is 13.2 Å². The van der Waals surface area contributed by atoms with Crippen LogP contribution >= 0.6 is 11.3 Å². The highest BCUT2D eigenvalue weighted by atomic mass is 32.1. The number of thiazole rings is 1. The van der Waals surface area contributed by atoms with Gasteiger partial charge in [-0.05, 0) is 31.5 Å². The number of benzene rings is 2. The third-order valence-corrected chi connectivity index (χ3v) is 5.98. The highest BCUT2D eigenvalue weighted by Gasteiger charge is 2.37. The van der Waals surface area contributed by atoms with Crippen LogP contribution in [0.5, 0.6) is 0 Å². The molecule has 0 saturated heterocycles. The number of nitrogens with one attached hydrogen (secondary N) is 1. The number of hydrogen-bond acceptors (Lipinski definition) is 3. The van der Waals surface area contributed by atoms with Crippen LogP contribution in [0.4, 0.5) is 18.0 Å². The van der Waals surface area contributed by atoms with E-state index in [9.17, 15) is 18.0 Å². The molecule has 4 rings (SSSR count). The number of alkyl halides is 3. The van der Waals surface area contributed by atoms with Gasteiger partial charge in [0.05, 0.1) is 23.2 Å². The lowest BCUT2D eigenvalue weighted by atomic mass is 9.88. The summed E-state index contributed by atoms with van der Waals surface area (Å²) >= 11 is 1.40. The Bertz CT molecular complexity index is 1120. The SMILES string of the molecule is CC1=NC(=O)NC(c2cccc(C(F)(F)F)c2)C1c1nc(-c2ccc(C)cc2)cs1. The molecule has 2 unspecified atom stereocenters. The number of aliphatic imine (C=N–C) groups is 1. The van der Waals surface area contributed by atoms with Gasteiger partial charge in [-0.25, -0.2) is 14.8 Å². The number of carbonyl (C=O) groups is 1. The lowest BCUT2D eigenvalue weighted by Gasteiger charge is -2.30. The molecule has 2 amide bonds. The molecule has 1 aliphatic rings. The Morgan fingerprint density at radius 2 is 1.80 bits per heavy atom. The van der Waals surface area contributed by atoms with Gasteiger partial charge in [-0.3, -0.25) is 0 Å². The second-order valence-corrected chi connectivity index (χ2v) is 8.11. The zero-order chi connectivity index (χ0) is 21.5. The summed E-state index contributed by atoms with van der Waals surface area (Å²) in [6, 6.07) is 11.7. The molecular formula is C22H18F3N3OS. The van der Waals surface area contributed by atoms with Crippen LogP contribution < -0.4 is 5.32 Å². The van der Waals surface area contributed by atoms with E-state index >= 15 is 0 Å². The largest absolute Gasteiger partial charge is 0.416 e. The van der Waals surface area contributed by atoms with Gasteiger partial charge in [0.25, 0.3) is 0 Å². The van der Waals surface area contributed by atoms with E-state index in [0.717, 1.165) is 29.0 Å². The highest BCUT2D eigenvalue weighted by Crippen LogP contribution is 2.39. The predicted molar refractivity (Wildman–Crippen MR) is 111 cm³/mol. The number of hydrogen-bond donors (Lipinski definition) is 1. The fourth-order valence-electron chi connectivity index (χ4n) is 3.51. The van der Waals surface area contributed by atoms with E-state index in [1.165, 1.54) is 17.4 Å². The summed E-state index contributed by atoms with van der Waals surface area (Å²) in [4.78, 5) is 20.7. The molecule has 154 valence electrons. The molecule has 1 N–H and O–H groups in total. The molecule has 4 nitrogen and oxygen atoms in total. The van der Waals surface area contributed by atoms with Gasteiger partial charge in [0.2, 0.25) is 0 Å². The normalized spacial score (nSPS) is 19.4. The quantitative estimate of drug-likeness (QED) is 0.543. The number of nitrogens with zero attached hydrogens (tertiary/aromatic N) is 2. The maximum absolute atomic E-state index is 13.2. The first kappa shape index (κ1) is 20.3. The number of amides is 2. The highest BCUT2D eigenvalue weighted by molar-refractivity contribution is 7.10. The third-order valence-electron chi connectivity index (χ3n) is 5.05. The molecule has 0 aliphatic carbocycles. The minimum Gasteiger partial charge on any atom is -0.328 e. The van der Waals surface area contributed by atoms with Crippen molar-refractivity contribution in [1.82, 2.24) is 10.3 Å². The van der Waals surface area contributed by atoms with E-state index in [2.05, 4.69) is 10.3 Å². The molecule has 0 saturated carbocycles. The molecule has 2 atom stereocenters. The molecule has 0 fully saturated rings. The van der Waals surface area contributed by atoms with Gasteiger partial charge in [-0.15, -0.1) is 11.3 Å². The van der Waals surface area contributed by atoms with Crippen molar-refractivity contribution in [2.24, 2.45) is 4.99 Å². The average Bonchev–Trinajstić information content (AvgIpc) is 3.17. The smallest absolute Gasteiger partial charge is 0.328 e. The molecule has 30 heavy (non-hydrogen) atoms. The minimum atomic E-state index is -4.47. The Labute approximate surface area is 175 Å². The Hall–Kier alpha value is -3.00. The number of halogens is 3. The second kappa shape index (κ2) is 7.68. The zero-order valence-corrected chi connectivity index (χ0v) is 17.0. The van der Waals surface area contributed by atoms with E-state index in [4.69, 9.17) is 4.98 Å². The van der Waals surface area contributed by atoms with Crippen molar-refractivity contribution in [3.8, 4) is 11.3 Å². The first-order valence-corrected chi connectivity index (χ1v) is 10.2. The first-order valence-electron chi connectivity index (χ1n) is 9.27. The molecule has 8 heteroatoms. The summed E-state index contributed by atoms with van der Waals surface area (Å²) in [7, 11) is 0. The van der Waals surface area contributed by atoms with Crippen LogP contribution in [0, 0.1) is 6.92 Å². The summed E-state index contributed by atoms with van der Waals surface area (Å²) in [5.74, 6) is -0.449. The zero-order valence-electron chi connectivity index (χ0n) is 16.2. The van der Waals surface area contributed by atoms with E-state index in [1.54, 1.807) is 13.0 Å². The van der Waals surface area contributed by atoms with Crippen molar-refractivity contribution in [1.29, 1.82) is 0 Å². The van der Waals surface area contributed by atoms with Crippen LogP contribution in [0.3, 0.4) is 0 Å². The molecule has 2 heterocycles. The van der Waals surface area contributed by atoms with E-state index < -0.39 is 29.7 Å². The van der Waals surface area contributed by atoms with Gasteiger partial charge in [0.15, 0.2) is 0 Å². The van der Waals surface area contributed by atoms with Crippen LogP contribution in [0.2, 0.25) is 0 Å². The molecule has 2 aromatic carbocycles. The van der Waals surface area contributed by atoms with Crippen molar-refractivity contribution in [2.45, 2.75) is 32.0 Å². The lowest BCUT2D eigenvalue weighted by molar-refractivity contribution is -0.137. The van der Waals surface area contributed by atoms with Crippen LogP contribution in [-0.4, -0.2) is 16.7 Å². The second-order valence-electron chi connectivity index (χ2n) is 7.22. The Kier molecular flexibility index (Phi) is 5.19. The van der Waals surface area contributed by atoms with E-state index in [1.807, 2.05) is 36.6 Å². The first-order chi connectivity index (χ1) is 14.2. The molecule has 1 aliphatic heterocycles. The van der Waals surface area contributed by atoms with Crippen molar-refractivity contribution in [2.75, 3.05) is 0 Å². The number of carbonyl (C=O) groups excluding carboxylic acids is 1. The molecule has 0 spiro atoms. The summed E-state index contributed by atoms with van der Waals surface area (Å²) in [5, 5.41) is 5.32. The number of rotatable bonds is 3. The Morgan fingerprint density at radius 1 is 1.07 bits per heavy atom. The minimum absolute atomic E-state index is 0.365. The van der Waals surface area contributed by atoms with Crippen molar-refractivity contribution >= 4 is 23.1 Å². The number of urea groups is 1. The maximum Gasteiger partial charge on any atom is 0.416 e. The van der Waals surface area contributed by atoms with Gasteiger partial charge >= 0.3 is 12.2 Å². The standard InChI is InChI=1S/C22H18F3N3OS/c1-12-6-8-14(9-7-12)17-11-30-20(27-17)18-13(2)26-21(29)28-19(18)15-4-3-5-16(10-15)22(23,24)25/h3-11,18-19H,1-2H3,(H,28,29).